The summed E-state index contributed by atoms with van der Waals surface area (Å²) in [5.41, 5.74) is 15.2. The van der Waals surface area contributed by atoms with Gasteiger partial charge in [0.05, 0.1) is 22.5 Å². The van der Waals surface area contributed by atoms with E-state index in [1.54, 1.807) is 24.3 Å². The van der Waals surface area contributed by atoms with Crippen molar-refractivity contribution in [1.82, 2.24) is 15.4 Å². The monoisotopic (exact) mass is 529 g/mol. The van der Waals surface area contributed by atoms with Crippen molar-refractivity contribution < 1.29 is 17.7 Å². The lowest BCUT2D eigenvalue weighted by Crippen LogP contribution is -2.23. The van der Waals surface area contributed by atoms with Gasteiger partial charge >= 0.3 is 6.18 Å². The molecule has 3 aromatic carbocycles. The van der Waals surface area contributed by atoms with Crippen LogP contribution in [-0.2, 0) is 12.6 Å². The molecule has 0 atom stereocenters. The lowest BCUT2D eigenvalue weighted by Gasteiger charge is -2.12. The summed E-state index contributed by atoms with van der Waals surface area (Å²) in [6, 6.07) is 25.2. The van der Waals surface area contributed by atoms with Crippen LogP contribution in [0.4, 0.5) is 30.6 Å². The van der Waals surface area contributed by atoms with Gasteiger partial charge in [0.15, 0.2) is 11.8 Å². The second-order valence-corrected chi connectivity index (χ2v) is 8.55. The van der Waals surface area contributed by atoms with E-state index in [2.05, 4.69) is 25.7 Å². The maximum atomic E-state index is 13.3. The largest absolute Gasteiger partial charge is 0.416 e. The molecule has 0 fully saturated rings. The van der Waals surface area contributed by atoms with E-state index < -0.39 is 11.7 Å². The van der Waals surface area contributed by atoms with Gasteiger partial charge in [-0.25, -0.2) is 0 Å². The number of nitrogens with zero attached hydrogens (tertiary/aromatic N) is 4. The van der Waals surface area contributed by atoms with Crippen LogP contribution in [0.3, 0.4) is 0 Å². The Morgan fingerprint density at radius 2 is 1.62 bits per heavy atom. The standard InChI is InChI=1S/C28H22F3N7O/c29-28(30,31)20-11-6-10-19(15-20)25-23(38-39-26(25)32)16-18-9-4-5-12-21(18)34-27(33)35-24-14-13-22(36-37-24)17-7-2-1-3-8-17/h1-15H,16,32H2,(H3,33,34,35,37). The highest BCUT2D eigenvalue weighted by Gasteiger charge is 2.31. The number of rotatable bonds is 6. The number of benzene rings is 3. The van der Waals surface area contributed by atoms with Crippen molar-refractivity contribution in [3.8, 4) is 22.4 Å². The molecule has 2 aromatic heterocycles. The van der Waals surface area contributed by atoms with Crippen LogP contribution in [-0.4, -0.2) is 21.3 Å². The fraction of sp³-hybridized carbons (Fsp3) is 0.0714. The number of guanidine groups is 1. The number of aliphatic imine (C=N–C) groups is 1. The van der Waals surface area contributed by atoms with Crippen molar-refractivity contribution >= 4 is 23.3 Å². The Bertz CT molecular complexity index is 1610. The molecule has 0 spiro atoms. The summed E-state index contributed by atoms with van der Waals surface area (Å²) in [6.45, 7) is 0. The molecular weight excluding hydrogens is 507 g/mol. The number of halogens is 3. The third-order valence-corrected chi connectivity index (χ3v) is 5.86. The molecule has 5 aromatic rings. The first-order chi connectivity index (χ1) is 18.8. The molecule has 11 heteroatoms. The third-order valence-electron chi connectivity index (χ3n) is 5.86. The lowest BCUT2D eigenvalue weighted by molar-refractivity contribution is -0.137. The molecule has 0 unspecified atom stereocenters. The Morgan fingerprint density at radius 1 is 0.872 bits per heavy atom. The van der Waals surface area contributed by atoms with Crippen LogP contribution in [0.15, 0.2) is 101 Å². The van der Waals surface area contributed by atoms with Gasteiger partial charge in [0.1, 0.15) is 0 Å². The number of alkyl halides is 3. The molecule has 8 nitrogen and oxygen atoms in total. The predicted molar refractivity (Wildman–Crippen MR) is 143 cm³/mol. The summed E-state index contributed by atoms with van der Waals surface area (Å²) in [4.78, 5) is 4.29. The molecule has 0 saturated heterocycles. The van der Waals surface area contributed by atoms with Crippen LogP contribution >= 0.6 is 0 Å². The topological polar surface area (TPSA) is 128 Å². The van der Waals surface area contributed by atoms with E-state index in [-0.39, 0.29) is 23.8 Å². The van der Waals surface area contributed by atoms with Crippen LogP contribution in [0.1, 0.15) is 16.8 Å². The van der Waals surface area contributed by atoms with Crippen LogP contribution in [0.5, 0.6) is 0 Å². The smallest absolute Gasteiger partial charge is 0.369 e. The molecular formula is C28H22F3N7O. The molecule has 5 N–H and O–H groups in total. The van der Waals surface area contributed by atoms with Crippen molar-refractivity contribution in [3.63, 3.8) is 0 Å². The maximum Gasteiger partial charge on any atom is 0.416 e. The summed E-state index contributed by atoms with van der Waals surface area (Å²) < 4.78 is 45.0. The number of nitrogen functional groups attached to an aromatic ring is 1. The third kappa shape index (κ3) is 5.87. The van der Waals surface area contributed by atoms with Gasteiger partial charge in [-0.2, -0.15) is 18.2 Å². The van der Waals surface area contributed by atoms with E-state index in [0.717, 1.165) is 23.3 Å². The highest BCUT2D eigenvalue weighted by atomic mass is 19.4. The van der Waals surface area contributed by atoms with Gasteiger partial charge in [0, 0.05) is 17.7 Å². The summed E-state index contributed by atoms with van der Waals surface area (Å²) >= 11 is 0. The first-order valence-corrected chi connectivity index (χ1v) is 11.8. The highest BCUT2D eigenvalue weighted by Crippen LogP contribution is 2.36. The number of nitrogens with two attached hydrogens (primary N) is 2. The Hall–Kier alpha value is -5.19. The summed E-state index contributed by atoms with van der Waals surface area (Å²) in [5.74, 6) is 0.309. The first-order valence-electron chi connectivity index (χ1n) is 11.8. The quantitative estimate of drug-likeness (QED) is 0.180. The molecule has 0 amide bonds. The van der Waals surface area contributed by atoms with Gasteiger partial charge in [-0.1, -0.05) is 65.8 Å². The van der Waals surface area contributed by atoms with Gasteiger partial charge in [-0.05, 0) is 41.5 Å². The molecule has 0 radical (unpaired) electrons. The fourth-order valence-corrected chi connectivity index (χ4v) is 4.03. The number of aromatic nitrogens is 3. The fourth-order valence-electron chi connectivity index (χ4n) is 4.03. The van der Waals surface area contributed by atoms with Crippen molar-refractivity contribution in [3.05, 3.63) is 108 Å². The second kappa shape index (κ2) is 10.7. The second-order valence-electron chi connectivity index (χ2n) is 8.55. The van der Waals surface area contributed by atoms with Crippen LogP contribution in [0.2, 0.25) is 0 Å². The highest BCUT2D eigenvalue weighted by molar-refractivity contribution is 5.94. The van der Waals surface area contributed by atoms with E-state index in [1.807, 2.05) is 42.5 Å². The molecule has 39 heavy (non-hydrogen) atoms. The van der Waals surface area contributed by atoms with Gasteiger partial charge in [0.25, 0.3) is 0 Å². The number of nitrogens with one attached hydrogen (secondary N) is 1. The van der Waals surface area contributed by atoms with Crippen molar-refractivity contribution in [2.45, 2.75) is 12.6 Å². The molecule has 0 aliphatic carbocycles. The minimum Gasteiger partial charge on any atom is -0.369 e. The Labute approximate surface area is 221 Å². The van der Waals surface area contributed by atoms with Crippen LogP contribution in [0, 0.1) is 0 Å². The predicted octanol–water partition coefficient (Wildman–Crippen LogP) is 6.05. The molecule has 5 rings (SSSR count). The van der Waals surface area contributed by atoms with E-state index in [1.165, 1.54) is 12.1 Å². The molecule has 196 valence electrons. The number of para-hydroxylation sites is 1. The summed E-state index contributed by atoms with van der Waals surface area (Å²) in [5, 5.41) is 15.4. The van der Waals surface area contributed by atoms with E-state index in [9.17, 15) is 13.2 Å². The molecule has 2 heterocycles. The summed E-state index contributed by atoms with van der Waals surface area (Å²) in [6.07, 6.45) is -4.30. The van der Waals surface area contributed by atoms with Crippen LogP contribution < -0.4 is 16.8 Å². The van der Waals surface area contributed by atoms with Gasteiger partial charge in [-0.3, -0.25) is 0 Å². The van der Waals surface area contributed by atoms with Gasteiger partial charge < -0.3 is 21.3 Å². The maximum absolute atomic E-state index is 13.3. The van der Waals surface area contributed by atoms with Gasteiger partial charge in [0.2, 0.25) is 5.88 Å². The number of hydrogen-bond donors (Lipinski definition) is 3. The van der Waals surface area contributed by atoms with E-state index in [0.29, 0.717) is 28.5 Å². The Balaban J connectivity index is 1.37. The average molecular weight is 530 g/mol. The molecule has 0 saturated carbocycles. The molecule has 0 bridgehead atoms. The van der Waals surface area contributed by atoms with E-state index >= 15 is 0 Å². The molecule has 0 aliphatic rings. The van der Waals surface area contributed by atoms with Crippen molar-refractivity contribution in [2.24, 2.45) is 10.7 Å². The zero-order valence-corrected chi connectivity index (χ0v) is 20.4. The number of anilines is 2. The summed E-state index contributed by atoms with van der Waals surface area (Å²) in [7, 11) is 0. The van der Waals surface area contributed by atoms with Crippen molar-refractivity contribution in [2.75, 3.05) is 11.1 Å². The average Bonchev–Trinajstić information content (AvgIpc) is 3.30. The van der Waals surface area contributed by atoms with Gasteiger partial charge in [-0.15, -0.1) is 10.2 Å². The normalized spacial score (nSPS) is 11.9. The van der Waals surface area contributed by atoms with Crippen molar-refractivity contribution in [1.29, 1.82) is 0 Å². The zero-order chi connectivity index (χ0) is 27.4. The number of hydrogen-bond acceptors (Lipinski definition) is 6. The lowest BCUT2D eigenvalue weighted by atomic mass is 9.98. The SMILES string of the molecule is NC(=Nc1ccc(-c2ccccc2)nn1)Nc1ccccc1Cc1noc(N)c1-c1cccc(C(F)(F)F)c1. The Kier molecular flexibility index (Phi) is 6.96. The Morgan fingerprint density at radius 3 is 2.36 bits per heavy atom. The minimum atomic E-state index is -4.50. The zero-order valence-electron chi connectivity index (χ0n) is 20.4. The molecule has 0 aliphatic heterocycles. The van der Waals surface area contributed by atoms with E-state index in [4.69, 9.17) is 16.0 Å². The first kappa shape index (κ1) is 25.5. The minimum absolute atomic E-state index is 0.0713. The van der Waals surface area contributed by atoms with Crippen LogP contribution in [0.25, 0.3) is 22.4 Å².